The average Bonchev–Trinajstić information content (AvgIpc) is 2.75. The number of nitrogens with one attached hydrogen (secondary N) is 1. The highest BCUT2D eigenvalue weighted by Gasteiger charge is 2.12. The Kier molecular flexibility index (Phi) is 6.32. The largest absolute Gasteiger partial charge is 0.493 e. The number of benzene rings is 2. The standard InChI is InChI=1S/C22H19N3O4/c1-15-3-6-18(7-4-15)22(27)29-19-8-5-16(13-20(19)28-2)14-24-25-21(26)17-9-11-23-12-10-17/h3-14H,1-2H3,(H,25,26)/b24-14+. The number of carbonyl (C=O) groups excluding carboxylic acids is 2. The van der Waals surface area contributed by atoms with Crippen LogP contribution in [0.4, 0.5) is 0 Å². The number of pyridine rings is 1. The van der Waals surface area contributed by atoms with Crippen molar-refractivity contribution < 1.29 is 19.1 Å². The molecule has 1 N–H and O–H groups in total. The minimum Gasteiger partial charge on any atom is -0.493 e. The van der Waals surface area contributed by atoms with Gasteiger partial charge in [-0.15, -0.1) is 0 Å². The molecule has 3 aromatic rings. The molecule has 0 unspecified atom stereocenters. The van der Waals surface area contributed by atoms with Crippen LogP contribution in [0.15, 0.2) is 72.1 Å². The number of methoxy groups -OCH3 is 1. The third kappa shape index (κ3) is 5.26. The molecule has 0 atom stereocenters. The first-order chi connectivity index (χ1) is 14.1. The number of aromatic nitrogens is 1. The monoisotopic (exact) mass is 389 g/mol. The maximum atomic E-state index is 12.3. The lowest BCUT2D eigenvalue weighted by molar-refractivity contribution is 0.0729. The van der Waals surface area contributed by atoms with Gasteiger partial charge >= 0.3 is 5.97 Å². The molecule has 7 heteroatoms. The number of nitrogens with zero attached hydrogens (tertiary/aromatic N) is 2. The van der Waals surface area contributed by atoms with Gasteiger partial charge in [-0.25, -0.2) is 10.2 Å². The zero-order valence-corrected chi connectivity index (χ0v) is 16.0. The highest BCUT2D eigenvalue weighted by molar-refractivity contribution is 5.95. The quantitative estimate of drug-likeness (QED) is 0.302. The van der Waals surface area contributed by atoms with E-state index in [1.165, 1.54) is 25.7 Å². The van der Waals surface area contributed by atoms with Gasteiger partial charge in [-0.3, -0.25) is 9.78 Å². The predicted octanol–water partition coefficient (Wildman–Crippen LogP) is 3.38. The first-order valence-electron chi connectivity index (χ1n) is 8.77. The molecule has 0 aliphatic rings. The fourth-order valence-electron chi connectivity index (χ4n) is 2.43. The molecule has 0 fully saturated rings. The highest BCUT2D eigenvalue weighted by atomic mass is 16.6. The van der Waals surface area contributed by atoms with Crippen molar-refractivity contribution in [3.8, 4) is 11.5 Å². The second kappa shape index (κ2) is 9.27. The van der Waals surface area contributed by atoms with Crippen LogP contribution in [-0.2, 0) is 0 Å². The van der Waals surface area contributed by atoms with Crippen LogP contribution < -0.4 is 14.9 Å². The molecule has 29 heavy (non-hydrogen) atoms. The van der Waals surface area contributed by atoms with E-state index in [1.54, 1.807) is 42.5 Å². The lowest BCUT2D eigenvalue weighted by Crippen LogP contribution is -2.17. The summed E-state index contributed by atoms with van der Waals surface area (Å²) in [5, 5.41) is 3.93. The molecule has 0 spiro atoms. The molecular formula is C22H19N3O4. The molecule has 3 rings (SSSR count). The van der Waals surface area contributed by atoms with E-state index in [9.17, 15) is 9.59 Å². The maximum absolute atomic E-state index is 12.3. The summed E-state index contributed by atoms with van der Waals surface area (Å²) in [5.74, 6) is -0.167. The van der Waals surface area contributed by atoms with Crippen LogP contribution in [-0.4, -0.2) is 30.2 Å². The molecule has 0 saturated heterocycles. The summed E-state index contributed by atoms with van der Waals surface area (Å²) in [5.41, 5.74) is 5.05. The molecule has 2 aromatic carbocycles. The molecule has 146 valence electrons. The van der Waals surface area contributed by atoms with Gasteiger partial charge in [-0.1, -0.05) is 17.7 Å². The molecule has 0 radical (unpaired) electrons. The summed E-state index contributed by atoms with van der Waals surface area (Å²) in [6.45, 7) is 1.94. The van der Waals surface area contributed by atoms with E-state index < -0.39 is 5.97 Å². The Morgan fingerprint density at radius 1 is 0.966 bits per heavy atom. The summed E-state index contributed by atoms with van der Waals surface area (Å²) in [6, 6.07) is 15.2. The molecular weight excluding hydrogens is 370 g/mol. The van der Waals surface area contributed by atoms with Crippen molar-refractivity contribution in [1.82, 2.24) is 10.4 Å². The fourth-order valence-corrected chi connectivity index (χ4v) is 2.43. The van der Waals surface area contributed by atoms with Crippen LogP contribution >= 0.6 is 0 Å². The van der Waals surface area contributed by atoms with Gasteiger partial charge in [0.05, 0.1) is 18.9 Å². The molecule has 0 aliphatic heterocycles. The second-order valence-electron chi connectivity index (χ2n) is 6.10. The van der Waals surface area contributed by atoms with E-state index in [0.29, 0.717) is 22.4 Å². The Labute approximate surface area is 168 Å². The Hall–Kier alpha value is -4.00. The smallest absolute Gasteiger partial charge is 0.343 e. The SMILES string of the molecule is COc1cc(/C=N/NC(=O)c2ccncc2)ccc1OC(=O)c1ccc(C)cc1. The van der Waals surface area contributed by atoms with E-state index in [4.69, 9.17) is 9.47 Å². The minimum atomic E-state index is -0.477. The second-order valence-corrected chi connectivity index (χ2v) is 6.10. The summed E-state index contributed by atoms with van der Waals surface area (Å²) in [4.78, 5) is 28.1. The van der Waals surface area contributed by atoms with Crippen molar-refractivity contribution in [3.05, 3.63) is 89.2 Å². The van der Waals surface area contributed by atoms with Crippen molar-refractivity contribution >= 4 is 18.1 Å². The van der Waals surface area contributed by atoms with Gasteiger partial charge in [0.2, 0.25) is 0 Å². The number of hydrogen-bond acceptors (Lipinski definition) is 6. The Bertz CT molecular complexity index is 1030. The molecule has 1 amide bonds. The number of aryl methyl sites for hydroxylation is 1. The number of carbonyl (C=O) groups is 2. The van der Waals surface area contributed by atoms with Gasteiger partial charge in [0.25, 0.3) is 5.91 Å². The molecule has 0 saturated carbocycles. The van der Waals surface area contributed by atoms with Crippen LogP contribution in [0.5, 0.6) is 11.5 Å². The third-order valence-electron chi connectivity index (χ3n) is 4.00. The highest BCUT2D eigenvalue weighted by Crippen LogP contribution is 2.28. The number of amides is 1. The van der Waals surface area contributed by atoms with Crippen LogP contribution in [0.3, 0.4) is 0 Å². The fraction of sp³-hybridized carbons (Fsp3) is 0.0909. The van der Waals surface area contributed by atoms with Crippen LogP contribution in [0, 0.1) is 6.92 Å². The molecule has 1 heterocycles. The van der Waals surface area contributed by atoms with Crippen molar-refractivity contribution in [2.45, 2.75) is 6.92 Å². The molecule has 1 aromatic heterocycles. The topological polar surface area (TPSA) is 89.9 Å². The van der Waals surface area contributed by atoms with E-state index in [2.05, 4.69) is 15.5 Å². The summed E-state index contributed by atoms with van der Waals surface area (Å²) in [7, 11) is 1.48. The lowest BCUT2D eigenvalue weighted by atomic mass is 10.1. The van der Waals surface area contributed by atoms with Gasteiger partial charge in [0, 0.05) is 18.0 Å². The zero-order valence-electron chi connectivity index (χ0n) is 16.0. The Balaban J connectivity index is 1.67. The van der Waals surface area contributed by atoms with Gasteiger partial charge in [0.15, 0.2) is 11.5 Å². The van der Waals surface area contributed by atoms with Gasteiger partial charge in [-0.2, -0.15) is 5.10 Å². The van der Waals surface area contributed by atoms with Gasteiger partial charge in [-0.05, 0) is 55.0 Å². The average molecular weight is 389 g/mol. The van der Waals surface area contributed by atoms with Crippen LogP contribution in [0.25, 0.3) is 0 Å². The molecule has 0 aliphatic carbocycles. The van der Waals surface area contributed by atoms with Crippen molar-refractivity contribution in [2.75, 3.05) is 7.11 Å². The minimum absolute atomic E-state index is 0.288. The number of ether oxygens (including phenoxy) is 2. The number of rotatable bonds is 6. The summed E-state index contributed by atoms with van der Waals surface area (Å²) < 4.78 is 10.7. The lowest BCUT2D eigenvalue weighted by Gasteiger charge is -2.10. The van der Waals surface area contributed by atoms with Crippen molar-refractivity contribution in [3.63, 3.8) is 0 Å². The Morgan fingerprint density at radius 2 is 1.69 bits per heavy atom. The third-order valence-corrected chi connectivity index (χ3v) is 4.00. The number of hydrogen-bond donors (Lipinski definition) is 1. The van der Waals surface area contributed by atoms with Crippen molar-refractivity contribution in [2.24, 2.45) is 5.10 Å². The number of hydrazone groups is 1. The van der Waals surface area contributed by atoms with E-state index in [-0.39, 0.29) is 11.7 Å². The van der Waals surface area contributed by atoms with Gasteiger partial charge in [0.1, 0.15) is 0 Å². The van der Waals surface area contributed by atoms with Crippen LogP contribution in [0.2, 0.25) is 0 Å². The first kappa shape index (κ1) is 19.8. The zero-order chi connectivity index (χ0) is 20.6. The van der Waals surface area contributed by atoms with E-state index in [0.717, 1.165) is 5.56 Å². The normalized spacial score (nSPS) is 10.6. The van der Waals surface area contributed by atoms with Crippen LogP contribution in [0.1, 0.15) is 31.8 Å². The number of esters is 1. The summed E-state index contributed by atoms with van der Waals surface area (Å²) in [6.07, 6.45) is 4.52. The van der Waals surface area contributed by atoms with E-state index >= 15 is 0 Å². The summed E-state index contributed by atoms with van der Waals surface area (Å²) >= 11 is 0. The van der Waals surface area contributed by atoms with Crippen molar-refractivity contribution in [1.29, 1.82) is 0 Å². The predicted molar refractivity (Wildman–Crippen MR) is 108 cm³/mol. The van der Waals surface area contributed by atoms with E-state index in [1.807, 2.05) is 19.1 Å². The molecule has 7 nitrogen and oxygen atoms in total. The first-order valence-corrected chi connectivity index (χ1v) is 8.77. The Morgan fingerprint density at radius 3 is 2.38 bits per heavy atom. The maximum Gasteiger partial charge on any atom is 0.343 e. The molecule has 0 bridgehead atoms. The van der Waals surface area contributed by atoms with Gasteiger partial charge < -0.3 is 9.47 Å².